The van der Waals surface area contributed by atoms with Crippen molar-refractivity contribution in [2.45, 2.75) is 0 Å². The lowest BCUT2D eigenvalue weighted by molar-refractivity contribution is 0.0996. The third-order valence-corrected chi connectivity index (χ3v) is 3.28. The molecule has 0 unspecified atom stereocenters. The third-order valence-electron chi connectivity index (χ3n) is 2.50. The van der Waals surface area contributed by atoms with Crippen molar-refractivity contribution in [1.82, 2.24) is 15.4 Å². The van der Waals surface area contributed by atoms with Crippen LogP contribution in [-0.2, 0) is 0 Å². The minimum atomic E-state index is -0.662. The van der Waals surface area contributed by atoms with E-state index in [1.807, 2.05) is 0 Å². The van der Waals surface area contributed by atoms with Gasteiger partial charge in [0.05, 0.1) is 14.2 Å². The Morgan fingerprint density at radius 2 is 1.84 bits per heavy atom. The van der Waals surface area contributed by atoms with E-state index in [0.29, 0.717) is 27.2 Å². The lowest BCUT2D eigenvalue weighted by atomic mass is 10.1. The Balaban J connectivity index is 2.62. The topological polar surface area (TPSA) is 103 Å². The number of hydrogen-bond acceptors (Lipinski definition) is 5. The molecule has 2 aromatic rings. The first kappa shape index (κ1) is 13.3. The molecule has 8 heteroatoms. The number of nitrogens with two attached hydrogens (primary N) is 1. The van der Waals surface area contributed by atoms with Gasteiger partial charge in [0.2, 0.25) is 0 Å². The van der Waals surface area contributed by atoms with Gasteiger partial charge in [0.25, 0.3) is 5.91 Å². The van der Waals surface area contributed by atoms with Gasteiger partial charge in [-0.1, -0.05) is 0 Å². The maximum Gasteiger partial charge on any atom is 0.271 e. The maximum atomic E-state index is 11.3. The van der Waals surface area contributed by atoms with Gasteiger partial charge in [-0.15, -0.1) is 0 Å². The molecule has 1 aromatic carbocycles. The third kappa shape index (κ3) is 2.39. The summed E-state index contributed by atoms with van der Waals surface area (Å²) in [5, 5.41) is 10.0. The van der Waals surface area contributed by atoms with Crippen LogP contribution in [0.5, 0.6) is 11.5 Å². The number of halogens is 1. The average Bonchev–Trinajstić information content (AvgIpc) is 2.88. The highest BCUT2D eigenvalue weighted by molar-refractivity contribution is 9.10. The van der Waals surface area contributed by atoms with Crippen molar-refractivity contribution in [3.8, 4) is 22.8 Å². The van der Waals surface area contributed by atoms with E-state index in [9.17, 15) is 4.79 Å². The second-order valence-corrected chi connectivity index (χ2v) is 4.37. The second kappa shape index (κ2) is 5.27. The van der Waals surface area contributed by atoms with Crippen molar-refractivity contribution in [3.05, 3.63) is 22.3 Å². The van der Waals surface area contributed by atoms with Gasteiger partial charge in [-0.05, 0) is 28.1 Å². The van der Waals surface area contributed by atoms with E-state index in [0.717, 1.165) is 0 Å². The van der Waals surface area contributed by atoms with Crippen LogP contribution in [0.3, 0.4) is 0 Å². The van der Waals surface area contributed by atoms with E-state index in [4.69, 9.17) is 15.2 Å². The van der Waals surface area contributed by atoms with Crippen molar-refractivity contribution in [1.29, 1.82) is 0 Å². The molecule has 1 amide bonds. The summed E-state index contributed by atoms with van der Waals surface area (Å²) in [7, 11) is 3.06. The number of nitrogens with zero attached hydrogens (tertiary/aromatic N) is 2. The number of methoxy groups -OCH3 is 2. The second-order valence-electron chi connectivity index (χ2n) is 3.58. The summed E-state index contributed by atoms with van der Waals surface area (Å²) >= 11 is 3.36. The molecule has 0 saturated heterocycles. The number of primary amides is 1. The lowest BCUT2D eigenvalue weighted by Crippen LogP contribution is -2.12. The van der Waals surface area contributed by atoms with Crippen LogP contribution in [0.25, 0.3) is 11.3 Å². The number of aromatic nitrogens is 3. The SMILES string of the molecule is COc1cc(-c2n[nH]nc2C(N)=O)cc(OC)c1Br. The van der Waals surface area contributed by atoms with Gasteiger partial charge in [0.1, 0.15) is 21.7 Å². The van der Waals surface area contributed by atoms with Crippen molar-refractivity contribution in [3.63, 3.8) is 0 Å². The van der Waals surface area contributed by atoms with Gasteiger partial charge in [-0.2, -0.15) is 15.4 Å². The number of nitrogens with one attached hydrogen (secondary N) is 1. The molecule has 0 atom stereocenters. The van der Waals surface area contributed by atoms with Gasteiger partial charge in [-0.3, -0.25) is 4.79 Å². The summed E-state index contributed by atoms with van der Waals surface area (Å²) in [4.78, 5) is 11.3. The molecule has 7 nitrogen and oxygen atoms in total. The minimum absolute atomic E-state index is 0.0615. The van der Waals surface area contributed by atoms with E-state index in [2.05, 4.69) is 31.3 Å². The molecule has 0 spiro atoms. The van der Waals surface area contributed by atoms with Crippen molar-refractivity contribution >= 4 is 21.8 Å². The molecule has 0 fully saturated rings. The van der Waals surface area contributed by atoms with Crippen LogP contribution in [-0.4, -0.2) is 35.5 Å². The van der Waals surface area contributed by atoms with Crippen LogP contribution in [0.4, 0.5) is 0 Å². The number of carbonyl (C=O) groups excluding carboxylic acids is 1. The fraction of sp³-hybridized carbons (Fsp3) is 0.182. The number of carbonyl (C=O) groups is 1. The molecule has 1 heterocycles. The van der Waals surface area contributed by atoms with Crippen molar-refractivity contribution in [2.75, 3.05) is 14.2 Å². The average molecular weight is 327 g/mol. The maximum absolute atomic E-state index is 11.3. The smallest absolute Gasteiger partial charge is 0.271 e. The fourth-order valence-electron chi connectivity index (χ4n) is 1.61. The quantitative estimate of drug-likeness (QED) is 0.882. The molecule has 100 valence electrons. The molecule has 3 N–H and O–H groups in total. The summed E-state index contributed by atoms with van der Waals surface area (Å²) < 4.78 is 11.1. The summed E-state index contributed by atoms with van der Waals surface area (Å²) in [6.45, 7) is 0. The van der Waals surface area contributed by atoms with Crippen LogP contribution in [0.2, 0.25) is 0 Å². The standard InChI is InChI=1S/C11H11BrN4O3/c1-18-6-3-5(4-7(19-2)8(6)12)9-10(11(13)17)15-16-14-9/h3-4H,1-2H3,(H2,13,17)(H,14,15,16). The Morgan fingerprint density at radius 1 is 1.26 bits per heavy atom. The first-order valence-electron chi connectivity index (χ1n) is 5.21. The Hall–Kier alpha value is -2.09. The summed E-state index contributed by atoms with van der Waals surface area (Å²) in [5.41, 5.74) is 6.25. The molecular formula is C11H11BrN4O3. The zero-order chi connectivity index (χ0) is 14.0. The minimum Gasteiger partial charge on any atom is -0.495 e. The Kier molecular flexibility index (Phi) is 3.70. The van der Waals surface area contributed by atoms with Crippen LogP contribution < -0.4 is 15.2 Å². The van der Waals surface area contributed by atoms with Crippen molar-refractivity contribution in [2.24, 2.45) is 5.73 Å². The van der Waals surface area contributed by atoms with Gasteiger partial charge in [0, 0.05) is 5.56 Å². The zero-order valence-corrected chi connectivity index (χ0v) is 11.8. The highest BCUT2D eigenvalue weighted by Gasteiger charge is 2.18. The molecule has 2 rings (SSSR count). The summed E-state index contributed by atoms with van der Waals surface area (Å²) in [6.07, 6.45) is 0. The summed E-state index contributed by atoms with van der Waals surface area (Å²) in [5.74, 6) is 0.435. The number of benzene rings is 1. The van der Waals surface area contributed by atoms with Crippen LogP contribution in [0.15, 0.2) is 16.6 Å². The fourth-order valence-corrected chi connectivity index (χ4v) is 2.16. The predicted molar refractivity (Wildman–Crippen MR) is 71.1 cm³/mol. The molecule has 0 aliphatic rings. The Bertz CT molecular complexity index is 601. The zero-order valence-electron chi connectivity index (χ0n) is 10.2. The lowest BCUT2D eigenvalue weighted by Gasteiger charge is -2.10. The molecule has 0 radical (unpaired) electrons. The predicted octanol–water partition coefficient (Wildman–Crippen LogP) is 1.35. The van der Waals surface area contributed by atoms with Gasteiger partial charge in [-0.25, -0.2) is 0 Å². The first-order valence-corrected chi connectivity index (χ1v) is 6.00. The monoisotopic (exact) mass is 326 g/mol. The van der Waals surface area contributed by atoms with Crippen molar-refractivity contribution < 1.29 is 14.3 Å². The van der Waals surface area contributed by atoms with Crippen LogP contribution >= 0.6 is 15.9 Å². The van der Waals surface area contributed by atoms with Gasteiger partial charge in [0.15, 0.2) is 5.69 Å². The Labute approximate surface area is 117 Å². The van der Waals surface area contributed by atoms with E-state index in [1.165, 1.54) is 14.2 Å². The molecular weight excluding hydrogens is 316 g/mol. The molecule has 19 heavy (non-hydrogen) atoms. The van der Waals surface area contributed by atoms with Crippen LogP contribution in [0.1, 0.15) is 10.5 Å². The number of ether oxygens (including phenoxy) is 2. The number of hydrogen-bond donors (Lipinski definition) is 2. The van der Waals surface area contributed by atoms with Crippen LogP contribution in [0, 0.1) is 0 Å². The number of H-pyrrole nitrogens is 1. The van der Waals surface area contributed by atoms with E-state index in [-0.39, 0.29) is 5.69 Å². The van der Waals surface area contributed by atoms with E-state index in [1.54, 1.807) is 12.1 Å². The largest absolute Gasteiger partial charge is 0.495 e. The first-order chi connectivity index (χ1) is 9.08. The van der Waals surface area contributed by atoms with Gasteiger partial charge >= 0.3 is 0 Å². The summed E-state index contributed by atoms with van der Waals surface area (Å²) in [6, 6.07) is 3.41. The highest BCUT2D eigenvalue weighted by Crippen LogP contribution is 2.38. The van der Waals surface area contributed by atoms with E-state index >= 15 is 0 Å². The van der Waals surface area contributed by atoms with Gasteiger partial charge < -0.3 is 15.2 Å². The van der Waals surface area contributed by atoms with E-state index < -0.39 is 5.91 Å². The number of aromatic amines is 1. The molecule has 0 saturated carbocycles. The Morgan fingerprint density at radius 3 is 2.32 bits per heavy atom. The molecule has 0 bridgehead atoms. The molecule has 0 aliphatic heterocycles. The number of amides is 1. The normalized spacial score (nSPS) is 10.3. The highest BCUT2D eigenvalue weighted by atomic mass is 79.9. The number of rotatable bonds is 4. The molecule has 0 aliphatic carbocycles. The molecule has 1 aromatic heterocycles.